The van der Waals surface area contributed by atoms with Crippen LogP contribution in [0.15, 0.2) is 30.3 Å². The molecular formula is C37H40Cl3FN6O3. The van der Waals surface area contributed by atoms with Gasteiger partial charge in [0, 0.05) is 64.6 Å². The lowest BCUT2D eigenvalue weighted by Gasteiger charge is -2.40. The smallest absolute Gasteiger partial charge is 0.410 e. The highest BCUT2D eigenvalue weighted by Gasteiger charge is 2.56. The first-order valence-electron chi connectivity index (χ1n) is 16.8. The first-order chi connectivity index (χ1) is 23.7. The van der Waals surface area contributed by atoms with Crippen molar-refractivity contribution in [2.45, 2.75) is 84.0 Å². The van der Waals surface area contributed by atoms with Gasteiger partial charge in [-0.15, -0.1) is 11.6 Å². The summed E-state index contributed by atoms with van der Waals surface area (Å²) in [5.41, 5.74) is 2.94. The summed E-state index contributed by atoms with van der Waals surface area (Å²) in [6.07, 6.45) is 1.49. The molecule has 3 amide bonds. The molecule has 2 N–H and O–H groups in total. The number of hydrogen-bond acceptors (Lipinski definition) is 5. The van der Waals surface area contributed by atoms with E-state index >= 15 is 4.39 Å². The number of halogens is 4. The number of nitrogens with one attached hydrogen (secondary N) is 2. The third-order valence-corrected chi connectivity index (χ3v) is 10.7. The molecule has 3 fully saturated rings. The number of hydrogen-bond donors (Lipinski definition) is 2. The van der Waals surface area contributed by atoms with Crippen LogP contribution in [0.1, 0.15) is 76.0 Å². The Labute approximate surface area is 306 Å². The van der Waals surface area contributed by atoms with Crippen LogP contribution in [0.2, 0.25) is 10.0 Å². The van der Waals surface area contributed by atoms with Gasteiger partial charge in [-0.1, -0.05) is 35.3 Å². The molecule has 2 saturated heterocycles. The molecule has 1 aliphatic carbocycles. The maximum atomic E-state index is 17.1. The van der Waals surface area contributed by atoms with Crippen molar-refractivity contribution in [3.63, 3.8) is 0 Å². The van der Waals surface area contributed by atoms with Gasteiger partial charge in [-0.25, -0.2) is 19.0 Å². The molecular weight excluding hydrogens is 702 g/mol. The van der Waals surface area contributed by atoms with Gasteiger partial charge < -0.3 is 24.8 Å². The van der Waals surface area contributed by atoms with Crippen LogP contribution in [0.5, 0.6) is 0 Å². The number of ether oxygens (including phenoxy) is 1. The lowest BCUT2D eigenvalue weighted by atomic mass is 9.79. The van der Waals surface area contributed by atoms with E-state index in [1.807, 2.05) is 46.8 Å². The second-order valence-electron chi connectivity index (χ2n) is 14.1. The van der Waals surface area contributed by atoms with Crippen LogP contribution in [-0.4, -0.2) is 57.2 Å². The highest BCUT2D eigenvalue weighted by Crippen LogP contribution is 2.53. The number of pyridine rings is 1. The van der Waals surface area contributed by atoms with Crippen LogP contribution >= 0.6 is 34.8 Å². The van der Waals surface area contributed by atoms with E-state index in [9.17, 15) is 14.9 Å². The zero-order valence-corrected chi connectivity index (χ0v) is 30.9. The molecule has 4 aromatic rings. The van der Waals surface area contributed by atoms with Crippen LogP contribution in [0.4, 0.5) is 14.0 Å². The van der Waals surface area contributed by atoms with Gasteiger partial charge in [0.15, 0.2) is 5.82 Å². The summed E-state index contributed by atoms with van der Waals surface area (Å²) in [6, 6.07) is 10.0. The van der Waals surface area contributed by atoms with E-state index in [-0.39, 0.29) is 64.1 Å². The van der Waals surface area contributed by atoms with E-state index in [1.54, 1.807) is 23.1 Å². The Kier molecular flexibility index (Phi) is 10.2. The van der Waals surface area contributed by atoms with Crippen LogP contribution in [0.25, 0.3) is 32.9 Å². The highest BCUT2D eigenvalue weighted by molar-refractivity contribution is 6.43. The predicted octanol–water partition coefficient (Wildman–Crippen LogP) is 9.24. The van der Waals surface area contributed by atoms with Gasteiger partial charge in [0.2, 0.25) is 0 Å². The monoisotopic (exact) mass is 740 g/mol. The minimum Gasteiger partial charge on any atom is -0.444 e. The summed E-state index contributed by atoms with van der Waals surface area (Å²) in [5.74, 6) is -0.0153. The number of nitrogens with zero attached hydrogens (tertiary/aromatic N) is 4. The fraction of sp³-hybridized carbons (Fsp3) is 0.459. The van der Waals surface area contributed by atoms with Crippen LogP contribution < -0.4 is 10.6 Å². The molecule has 1 saturated carbocycles. The van der Waals surface area contributed by atoms with Gasteiger partial charge in [0.05, 0.1) is 39.8 Å². The summed E-state index contributed by atoms with van der Waals surface area (Å²) >= 11 is 18.8. The first-order valence-corrected chi connectivity index (χ1v) is 18.1. The van der Waals surface area contributed by atoms with Crippen molar-refractivity contribution in [2.75, 3.05) is 19.0 Å². The Bertz CT molecular complexity index is 2040. The van der Waals surface area contributed by atoms with E-state index in [0.717, 1.165) is 23.0 Å². The number of carbonyl (C=O) groups is 2. The van der Waals surface area contributed by atoms with E-state index in [2.05, 4.69) is 21.3 Å². The minimum atomic E-state index is -0.653. The normalized spacial score (nSPS) is 19.0. The number of fused-ring (bicyclic) bond motifs is 4. The van der Waals surface area contributed by atoms with E-state index in [1.165, 1.54) is 0 Å². The molecule has 2 bridgehead atoms. The van der Waals surface area contributed by atoms with E-state index < -0.39 is 17.5 Å². The summed E-state index contributed by atoms with van der Waals surface area (Å²) in [6.45, 7) is 10.2. The zero-order valence-electron chi connectivity index (χ0n) is 28.7. The van der Waals surface area contributed by atoms with Gasteiger partial charge in [-0.3, -0.25) is 0 Å². The molecule has 50 heavy (non-hydrogen) atoms. The van der Waals surface area contributed by atoms with Gasteiger partial charge in [-0.2, -0.15) is 5.26 Å². The number of carbonyl (C=O) groups excluding carboxylic acids is 2. The highest BCUT2D eigenvalue weighted by atomic mass is 35.5. The molecule has 0 spiro atoms. The Morgan fingerprint density at radius 3 is 2.68 bits per heavy atom. The fourth-order valence-corrected chi connectivity index (χ4v) is 7.96. The van der Waals surface area contributed by atoms with Crippen LogP contribution in [-0.2, 0) is 11.2 Å². The summed E-state index contributed by atoms with van der Waals surface area (Å²) < 4.78 is 25.0. The standard InChI is InChI=1S/C37H40Cl3FN6O3/c1-19-24-17-27(20(2)45-35(48)43-14-8-12-38)47(33-22-16-28(33)46(18-22)36(49)50-37(3,4)5)34(24)25-15-21(9-7-13-42)29(31(41)32(25)44-19)23-10-6-11-26(39)30(23)40/h6,10-11,15,17,20,22,28,33H,7-9,12,14,16,18H2,1-5H3,(H2,43,45,48)/t20-,22-,28-,33+/m1/s1. The third-order valence-electron chi connectivity index (χ3n) is 9.61. The van der Waals surface area contributed by atoms with Crippen molar-refractivity contribution < 1.29 is 18.7 Å². The predicted molar refractivity (Wildman–Crippen MR) is 195 cm³/mol. The number of aryl methyl sites for hydroxylation is 2. The molecule has 2 aliphatic heterocycles. The number of nitriles is 1. The average Bonchev–Trinajstić information content (AvgIpc) is 3.75. The molecule has 264 valence electrons. The van der Waals surface area contributed by atoms with Crippen molar-refractivity contribution in [3.8, 4) is 17.2 Å². The van der Waals surface area contributed by atoms with E-state index in [0.29, 0.717) is 47.6 Å². The number of rotatable bonds is 9. The largest absolute Gasteiger partial charge is 0.444 e. The second-order valence-corrected chi connectivity index (χ2v) is 15.3. The number of amides is 3. The Balaban J connectivity index is 1.57. The van der Waals surface area contributed by atoms with Gasteiger partial charge in [0.25, 0.3) is 0 Å². The molecule has 2 aromatic heterocycles. The second kappa shape index (κ2) is 14.1. The van der Waals surface area contributed by atoms with E-state index in [4.69, 9.17) is 44.5 Å². The molecule has 9 nitrogen and oxygen atoms in total. The van der Waals surface area contributed by atoms with Crippen molar-refractivity contribution in [1.82, 2.24) is 25.1 Å². The summed E-state index contributed by atoms with van der Waals surface area (Å²) in [5, 5.41) is 17.3. The third kappa shape index (κ3) is 6.56. The van der Waals surface area contributed by atoms with Gasteiger partial charge in [0.1, 0.15) is 11.1 Å². The maximum Gasteiger partial charge on any atom is 0.410 e. The summed E-state index contributed by atoms with van der Waals surface area (Å²) in [4.78, 5) is 32.9. The minimum absolute atomic E-state index is 0.114. The Morgan fingerprint density at radius 1 is 1.22 bits per heavy atom. The van der Waals surface area contributed by atoms with Crippen molar-refractivity contribution in [2.24, 2.45) is 5.92 Å². The summed E-state index contributed by atoms with van der Waals surface area (Å²) in [7, 11) is 0. The maximum absolute atomic E-state index is 17.1. The molecule has 0 unspecified atom stereocenters. The van der Waals surface area contributed by atoms with Crippen molar-refractivity contribution >= 4 is 68.7 Å². The molecule has 0 radical (unpaired) electrons. The topological polar surface area (TPSA) is 112 Å². The lowest BCUT2D eigenvalue weighted by molar-refractivity contribution is 0.0209. The number of alkyl halides is 1. The SMILES string of the molecule is Cc1nc2c(F)c(-c3cccc(Cl)c3Cl)c(CCC#N)cc2c2c1cc([C@@H](C)NC(=O)NCCCCl)n2[C@H]1[C@@H]2C[C@H]1N(C(=O)OC(C)(C)C)C2. The molecule has 4 heterocycles. The lowest BCUT2D eigenvalue weighted by Crippen LogP contribution is -2.45. The first kappa shape index (κ1) is 36.0. The van der Waals surface area contributed by atoms with Crippen molar-refractivity contribution in [3.05, 3.63) is 63.1 Å². The molecule has 2 aromatic carbocycles. The van der Waals surface area contributed by atoms with Gasteiger partial charge in [-0.05, 0) is 77.6 Å². The number of aromatic nitrogens is 2. The molecule has 13 heteroatoms. The Morgan fingerprint density at radius 2 is 1.98 bits per heavy atom. The molecule has 7 rings (SSSR count). The number of urea groups is 1. The number of benzene rings is 2. The van der Waals surface area contributed by atoms with Gasteiger partial charge >= 0.3 is 12.1 Å². The van der Waals surface area contributed by atoms with Crippen LogP contribution in [0, 0.1) is 30.0 Å². The average molecular weight is 742 g/mol. The molecule has 4 atom stereocenters. The Hall–Kier alpha value is -3.78. The quantitative estimate of drug-likeness (QED) is 0.131. The molecule has 3 aliphatic rings. The van der Waals surface area contributed by atoms with Crippen molar-refractivity contribution in [1.29, 1.82) is 5.26 Å². The fourth-order valence-electron chi connectivity index (χ4n) is 7.43. The van der Waals surface area contributed by atoms with Crippen LogP contribution in [0.3, 0.4) is 0 Å². The zero-order chi connectivity index (χ0) is 36.1.